The van der Waals surface area contributed by atoms with Crippen molar-refractivity contribution in [3.05, 3.63) is 53.8 Å². The molecule has 1 amide bonds. The number of nitrogens with zero attached hydrogens (tertiary/aromatic N) is 1. The lowest BCUT2D eigenvalue weighted by Gasteiger charge is -2.06. The Morgan fingerprint density at radius 1 is 1.21 bits per heavy atom. The van der Waals surface area contributed by atoms with Crippen molar-refractivity contribution in [1.82, 2.24) is 10.4 Å². The quantitative estimate of drug-likeness (QED) is 0.694. The average molecular weight is 365 g/mol. The summed E-state index contributed by atoms with van der Waals surface area (Å²) in [6, 6.07) is 10.3. The maximum atomic E-state index is 13.6. The number of sulfone groups is 1. The van der Waals surface area contributed by atoms with Gasteiger partial charge in [-0.25, -0.2) is 17.8 Å². The molecule has 0 atom stereocenters. The molecule has 0 saturated heterocycles. The second kappa shape index (κ2) is 6.17. The fourth-order valence-corrected chi connectivity index (χ4v) is 3.52. The van der Waals surface area contributed by atoms with E-state index >= 15 is 0 Å². The highest BCUT2D eigenvalue weighted by molar-refractivity contribution is 7.90. The fourth-order valence-electron chi connectivity index (χ4n) is 2.02. The second-order valence-corrected chi connectivity index (χ2v) is 8.03. The monoisotopic (exact) mass is 365 g/mol. The lowest BCUT2D eigenvalue weighted by atomic mass is 10.2. The van der Waals surface area contributed by atoms with Crippen molar-refractivity contribution < 1.29 is 17.6 Å². The van der Waals surface area contributed by atoms with Crippen LogP contribution >= 0.6 is 11.3 Å². The van der Waals surface area contributed by atoms with Crippen LogP contribution in [-0.4, -0.2) is 25.6 Å². The van der Waals surface area contributed by atoms with Crippen LogP contribution in [0.4, 0.5) is 9.52 Å². The number of carbonyl (C=O) groups excluding carboxylic acids is 1. The van der Waals surface area contributed by atoms with E-state index in [0.717, 1.165) is 6.26 Å². The van der Waals surface area contributed by atoms with Crippen molar-refractivity contribution >= 4 is 42.4 Å². The molecule has 6 nitrogen and oxygen atoms in total. The number of carbonyl (C=O) groups is 1. The van der Waals surface area contributed by atoms with Gasteiger partial charge in [0.1, 0.15) is 11.3 Å². The summed E-state index contributed by atoms with van der Waals surface area (Å²) < 4.78 is 37.3. The molecule has 124 valence electrons. The smallest absolute Gasteiger partial charge is 0.269 e. The van der Waals surface area contributed by atoms with Crippen molar-refractivity contribution in [2.75, 3.05) is 11.7 Å². The Labute approximate surface area is 141 Å². The zero-order valence-corrected chi connectivity index (χ0v) is 14.0. The third-order valence-electron chi connectivity index (χ3n) is 3.18. The van der Waals surface area contributed by atoms with Crippen molar-refractivity contribution in [1.29, 1.82) is 0 Å². The van der Waals surface area contributed by atoms with E-state index < -0.39 is 21.6 Å². The average Bonchev–Trinajstić information content (AvgIpc) is 2.96. The Bertz CT molecular complexity index is 1030. The van der Waals surface area contributed by atoms with Gasteiger partial charge < -0.3 is 0 Å². The van der Waals surface area contributed by atoms with Gasteiger partial charge in [0, 0.05) is 11.8 Å². The maximum absolute atomic E-state index is 13.6. The van der Waals surface area contributed by atoms with Crippen molar-refractivity contribution in [2.45, 2.75) is 4.90 Å². The summed E-state index contributed by atoms with van der Waals surface area (Å²) in [5.41, 5.74) is 5.42. The normalized spacial score (nSPS) is 11.4. The molecule has 9 heteroatoms. The molecule has 0 fully saturated rings. The first kappa shape index (κ1) is 16.3. The van der Waals surface area contributed by atoms with Crippen LogP contribution in [0.3, 0.4) is 0 Å². The molecular formula is C15H12FN3O3S2. The predicted octanol–water partition coefficient (Wildman–Crippen LogP) is 2.60. The zero-order chi connectivity index (χ0) is 17.3. The third-order valence-corrected chi connectivity index (χ3v) is 5.22. The molecular weight excluding hydrogens is 353 g/mol. The molecule has 0 spiro atoms. The lowest BCUT2D eigenvalue weighted by Crippen LogP contribution is -2.29. The van der Waals surface area contributed by atoms with Crippen molar-refractivity contribution in [2.24, 2.45) is 0 Å². The molecule has 0 radical (unpaired) electrons. The summed E-state index contributed by atoms with van der Waals surface area (Å²) in [6.45, 7) is 0. The van der Waals surface area contributed by atoms with E-state index in [-0.39, 0.29) is 16.0 Å². The van der Waals surface area contributed by atoms with Crippen LogP contribution in [0.2, 0.25) is 0 Å². The molecule has 2 aromatic carbocycles. The third kappa shape index (κ3) is 3.36. The Kier molecular flexibility index (Phi) is 4.20. The van der Waals surface area contributed by atoms with E-state index in [2.05, 4.69) is 15.8 Å². The van der Waals surface area contributed by atoms with Gasteiger partial charge >= 0.3 is 0 Å². The first-order chi connectivity index (χ1) is 11.3. The minimum Gasteiger partial charge on any atom is -0.273 e. The molecule has 0 aliphatic heterocycles. The van der Waals surface area contributed by atoms with Gasteiger partial charge in [0.15, 0.2) is 9.84 Å². The van der Waals surface area contributed by atoms with E-state index in [9.17, 15) is 17.6 Å². The topological polar surface area (TPSA) is 88.2 Å². The summed E-state index contributed by atoms with van der Waals surface area (Å²) in [7, 11) is -3.40. The number of amides is 1. The number of benzene rings is 2. The molecule has 0 aliphatic rings. The molecule has 3 rings (SSSR count). The number of rotatable bonds is 4. The molecule has 24 heavy (non-hydrogen) atoms. The van der Waals surface area contributed by atoms with E-state index in [1.807, 2.05) is 0 Å². The summed E-state index contributed by atoms with van der Waals surface area (Å²) >= 11 is 1.18. The van der Waals surface area contributed by atoms with E-state index in [1.165, 1.54) is 41.7 Å². The van der Waals surface area contributed by atoms with Crippen molar-refractivity contribution in [3.63, 3.8) is 0 Å². The lowest BCUT2D eigenvalue weighted by molar-refractivity contribution is 0.0962. The van der Waals surface area contributed by atoms with Crippen molar-refractivity contribution in [3.8, 4) is 0 Å². The highest BCUT2D eigenvalue weighted by Crippen LogP contribution is 2.26. The number of nitrogens with one attached hydrogen (secondary N) is 2. The zero-order valence-electron chi connectivity index (χ0n) is 12.4. The largest absolute Gasteiger partial charge is 0.273 e. The van der Waals surface area contributed by atoms with Gasteiger partial charge in [0.2, 0.25) is 5.13 Å². The first-order valence-electron chi connectivity index (χ1n) is 6.76. The van der Waals surface area contributed by atoms with Crippen LogP contribution in [0.25, 0.3) is 10.2 Å². The summed E-state index contributed by atoms with van der Waals surface area (Å²) in [5.74, 6) is -0.968. The number of fused-ring (bicyclic) bond motifs is 1. The molecule has 3 aromatic rings. The molecule has 0 saturated carbocycles. The number of hydrogen-bond acceptors (Lipinski definition) is 6. The molecule has 0 aliphatic carbocycles. The number of hydrazine groups is 1. The van der Waals surface area contributed by atoms with E-state index in [0.29, 0.717) is 9.83 Å². The van der Waals surface area contributed by atoms with Crippen LogP contribution in [0.15, 0.2) is 47.4 Å². The predicted molar refractivity (Wildman–Crippen MR) is 90.2 cm³/mol. The number of thiazole rings is 1. The van der Waals surface area contributed by atoms with Crippen LogP contribution in [-0.2, 0) is 9.84 Å². The minimum atomic E-state index is -3.40. The van der Waals surface area contributed by atoms with Crippen LogP contribution in [0, 0.1) is 5.82 Å². The summed E-state index contributed by atoms with van der Waals surface area (Å²) in [5, 5.41) is 0.322. The second-order valence-electron chi connectivity index (χ2n) is 4.98. The Morgan fingerprint density at radius 2 is 1.96 bits per heavy atom. The van der Waals surface area contributed by atoms with Gasteiger partial charge in [0.05, 0.1) is 9.60 Å². The SMILES string of the molecule is CS(=O)(=O)c1cccc(C(=O)NNc2nc3c(F)cccc3s2)c1. The number of anilines is 1. The Balaban J connectivity index is 1.76. The summed E-state index contributed by atoms with van der Waals surface area (Å²) in [6.07, 6.45) is 1.07. The number of halogens is 1. The van der Waals surface area contributed by atoms with Crippen LogP contribution in [0.5, 0.6) is 0 Å². The summed E-state index contributed by atoms with van der Waals surface area (Å²) in [4.78, 5) is 16.2. The molecule has 1 heterocycles. The molecule has 1 aromatic heterocycles. The molecule has 0 unspecified atom stereocenters. The highest BCUT2D eigenvalue weighted by atomic mass is 32.2. The molecule has 2 N–H and O–H groups in total. The van der Waals surface area contributed by atoms with Crippen LogP contribution in [0.1, 0.15) is 10.4 Å². The highest BCUT2D eigenvalue weighted by Gasteiger charge is 2.12. The first-order valence-corrected chi connectivity index (χ1v) is 9.47. The molecule has 0 bridgehead atoms. The van der Waals surface area contributed by atoms with E-state index in [1.54, 1.807) is 12.1 Å². The van der Waals surface area contributed by atoms with Gasteiger partial charge in [0.25, 0.3) is 5.91 Å². The van der Waals surface area contributed by atoms with Gasteiger partial charge in [-0.3, -0.25) is 15.6 Å². The minimum absolute atomic E-state index is 0.0530. The van der Waals surface area contributed by atoms with Crippen LogP contribution < -0.4 is 10.9 Å². The number of para-hydroxylation sites is 1. The standard InChI is InChI=1S/C15H12FN3O3S2/c1-24(21,22)10-5-2-4-9(8-10)14(20)18-19-15-17-13-11(16)6-3-7-12(13)23-15/h2-8H,1H3,(H,17,19)(H,18,20). The van der Waals surface area contributed by atoms with Gasteiger partial charge in [-0.05, 0) is 30.3 Å². The number of hydrogen-bond donors (Lipinski definition) is 2. The van der Waals surface area contributed by atoms with E-state index in [4.69, 9.17) is 0 Å². The Hall–Kier alpha value is -2.52. The van der Waals surface area contributed by atoms with Gasteiger partial charge in [-0.2, -0.15) is 0 Å². The van der Waals surface area contributed by atoms with Gasteiger partial charge in [-0.1, -0.05) is 23.5 Å². The number of aromatic nitrogens is 1. The fraction of sp³-hybridized carbons (Fsp3) is 0.0667. The maximum Gasteiger partial charge on any atom is 0.269 e. The Morgan fingerprint density at radius 3 is 2.67 bits per heavy atom. The van der Waals surface area contributed by atoms with Gasteiger partial charge in [-0.15, -0.1) is 0 Å².